The van der Waals surface area contributed by atoms with Crippen molar-refractivity contribution in [2.75, 3.05) is 6.54 Å². The van der Waals surface area contributed by atoms with E-state index in [2.05, 4.69) is 22.3 Å². The first-order valence-electron chi connectivity index (χ1n) is 5.70. The molecule has 0 fully saturated rings. The fourth-order valence-corrected chi connectivity index (χ4v) is 1.62. The predicted molar refractivity (Wildman–Crippen MR) is 74.2 cm³/mol. The number of hydrogen-bond donors (Lipinski definition) is 2. The fraction of sp³-hybridized carbons (Fsp3) is 0.545. The topological polar surface area (TPSA) is 68.2 Å². The molecule has 1 rings (SSSR count). The van der Waals surface area contributed by atoms with Crippen LogP contribution in [0.3, 0.4) is 0 Å². The van der Waals surface area contributed by atoms with Crippen molar-refractivity contribution in [2.24, 2.45) is 10.7 Å². The number of unbranched alkanes of at least 4 members (excludes halogenated alkanes) is 1. The lowest BCUT2D eigenvalue weighted by Gasteiger charge is -2.05. The summed E-state index contributed by atoms with van der Waals surface area (Å²) < 4.78 is 1.59. The number of hydrogen-bond acceptors (Lipinski definition) is 2. The highest BCUT2D eigenvalue weighted by atomic mass is 32.1. The number of aliphatic imine (C=N–C) groups is 1. The summed E-state index contributed by atoms with van der Waals surface area (Å²) in [5, 5.41) is 7.67. The molecule has 0 bridgehead atoms. The molecular formula is C11H19N5S. The van der Waals surface area contributed by atoms with Crippen LogP contribution in [0.15, 0.2) is 11.1 Å². The zero-order valence-electron chi connectivity index (χ0n) is 10.5. The highest BCUT2D eigenvalue weighted by molar-refractivity contribution is 7.80. The summed E-state index contributed by atoms with van der Waals surface area (Å²) >= 11 is 5.07. The molecule has 1 heterocycles. The van der Waals surface area contributed by atoms with Gasteiger partial charge in [0, 0.05) is 12.2 Å². The van der Waals surface area contributed by atoms with Crippen molar-refractivity contribution in [1.29, 1.82) is 0 Å². The molecule has 0 aromatic carbocycles. The summed E-state index contributed by atoms with van der Waals surface area (Å²) in [7, 11) is 0. The van der Waals surface area contributed by atoms with Crippen LogP contribution in [-0.4, -0.2) is 27.4 Å². The van der Waals surface area contributed by atoms with Crippen LogP contribution >= 0.6 is 12.2 Å². The summed E-state index contributed by atoms with van der Waals surface area (Å²) in [5.41, 5.74) is 7.69. The van der Waals surface area contributed by atoms with Gasteiger partial charge in [0.25, 0.3) is 0 Å². The Morgan fingerprint density at radius 2 is 2.29 bits per heavy atom. The Balaban J connectivity index is 2.65. The van der Waals surface area contributed by atoms with Crippen LogP contribution in [-0.2, 0) is 0 Å². The van der Waals surface area contributed by atoms with Gasteiger partial charge in [0.1, 0.15) is 0 Å². The molecule has 94 valence electrons. The standard InChI is InChI=1S/C11H19N5S/c1-4-5-6-13-11(17)14-10(12)16-9(3)7-8(2)15-16/h7H,4-6H2,1-3H3,(H3,12,13,14,17). The van der Waals surface area contributed by atoms with Crippen LogP contribution in [0.25, 0.3) is 0 Å². The van der Waals surface area contributed by atoms with E-state index in [0.717, 1.165) is 30.8 Å². The first-order chi connectivity index (χ1) is 8.04. The minimum atomic E-state index is 0.296. The minimum Gasteiger partial charge on any atom is -0.368 e. The van der Waals surface area contributed by atoms with Gasteiger partial charge in [0.2, 0.25) is 5.96 Å². The Kier molecular flexibility index (Phi) is 5.09. The van der Waals surface area contributed by atoms with Gasteiger partial charge in [-0.15, -0.1) is 0 Å². The Morgan fingerprint density at radius 3 is 2.82 bits per heavy atom. The first kappa shape index (κ1) is 13.6. The molecule has 17 heavy (non-hydrogen) atoms. The SMILES string of the molecule is CCCCNC(=S)/N=C(\N)n1nc(C)cc1C. The Morgan fingerprint density at radius 1 is 1.59 bits per heavy atom. The lowest BCUT2D eigenvalue weighted by molar-refractivity contribution is 0.755. The maximum atomic E-state index is 5.84. The van der Waals surface area contributed by atoms with Crippen LogP contribution in [0.1, 0.15) is 31.2 Å². The van der Waals surface area contributed by atoms with Crippen molar-refractivity contribution in [3.05, 3.63) is 17.5 Å². The van der Waals surface area contributed by atoms with E-state index < -0.39 is 0 Å². The summed E-state index contributed by atoms with van der Waals surface area (Å²) in [5.74, 6) is 0.296. The van der Waals surface area contributed by atoms with E-state index in [-0.39, 0.29) is 0 Å². The monoisotopic (exact) mass is 253 g/mol. The number of thiocarbonyl (C=S) groups is 1. The van der Waals surface area contributed by atoms with Gasteiger partial charge in [-0.1, -0.05) is 13.3 Å². The van der Waals surface area contributed by atoms with E-state index >= 15 is 0 Å². The molecule has 0 aliphatic rings. The first-order valence-corrected chi connectivity index (χ1v) is 6.11. The van der Waals surface area contributed by atoms with Gasteiger partial charge in [0.15, 0.2) is 5.11 Å². The molecule has 0 radical (unpaired) electrons. The van der Waals surface area contributed by atoms with Crippen LogP contribution in [0.2, 0.25) is 0 Å². The van der Waals surface area contributed by atoms with Gasteiger partial charge >= 0.3 is 0 Å². The highest BCUT2D eigenvalue weighted by Gasteiger charge is 2.05. The molecule has 1 aromatic heterocycles. The zero-order chi connectivity index (χ0) is 12.8. The number of aryl methyl sites for hydroxylation is 2. The van der Waals surface area contributed by atoms with Gasteiger partial charge in [-0.25, -0.2) is 4.68 Å². The Hall–Kier alpha value is -1.43. The number of nitrogens with zero attached hydrogens (tertiary/aromatic N) is 3. The molecule has 0 spiro atoms. The van der Waals surface area contributed by atoms with Crippen molar-refractivity contribution in [1.82, 2.24) is 15.1 Å². The lowest BCUT2D eigenvalue weighted by Crippen LogP contribution is -2.29. The molecule has 0 atom stereocenters. The van der Waals surface area contributed by atoms with Crippen molar-refractivity contribution >= 4 is 23.3 Å². The van der Waals surface area contributed by atoms with Crippen LogP contribution < -0.4 is 11.1 Å². The molecule has 0 aliphatic heterocycles. The highest BCUT2D eigenvalue weighted by Crippen LogP contribution is 2.00. The van der Waals surface area contributed by atoms with Crippen molar-refractivity contribution in [3.8, 4) is 0 Å². The van der Waals surface area contributed by atoms with Gasteiger partial charge in [-0.3, -0.25) is 0 Å². The normalized spacial score (nSPS) is 11.6. The summed E-state index contributed by atoms with van der Waals surface area (Å²) in [4.78, 5) is 4.11. The van der Waals surface area contributed by atoms with E-state index in [9.17, 15) is 0 Å². The van der Waals surface area contributed by atoms with E-state index in [1.807, 2.05) is 19.9 Å². The van der Waals surface area contributed by atoms with Gasteiger partial charge in [-0.05, 0) is 38.6 Å². The summed E-state index contributed by atoms with van der Waals surface area (Å²) in [6.07, 6.45) is 2.18. The fourth-order valence-electron chi connectivity index (χ4n) is 1.42. The molecule has 0 saturated heterocycles. The summed E-state index contributed by atoms with van der Waals surface area (Å²) in [6.45, 7) is 6.78. The van der Waals surface area contributed by atoms with Crippen molar-refractivity contribution in [2.45, 2.75) is 33.6 Å². The molecule has 0 amide bonds. The van der Waals surface area contributed by atoms with E-state index in [0.29, 0.717) is 11.1 Å². The average Bonchev–Trinajstić information content (AvgIpc) is 2.58. The number of aromatic nitrogens is 2. The number of rotatable bonds is 3. The van der Waals surface area contributed by atoms with E-state index in [1.54, 1.807) is 4.68 Å². The molecule has 5 nitrogen and oxygen atoms in total. The van der Waals surface area contributed by atoms with Crippen LogP contribution in [0.4, 0.5) is 0 Å². The molecule has 3 N–H and O–H groups in total. The zero-order valence-corrected chi connectivity index (χ0v) is 11.3. The third kappa shape index (κ3) is 4.14. The van der Waals surface area contributed by atoms with Crippen molar-refractivity contribution in [3.63, 3.8) is 0 Å². The second kappa shape index (κ2) is 6.34. The maximum Gasteiger partial charge on any atom is 0.224 e. The molecular weight excluding hydrogens is 234 g/mol. The molecule has 0 aliphatic carbocycles. The third-order valence-corrected chi connectivity index (χ3v) is 2.48. The largest absolute Gasteiger partial charge is 0.368 e. The Labute approximate surface area is 107 Å². The van der Waals surface area contributed by atoms with Gasteiger partial charge in [0.05, 0.1) is 5.69 Å². The van der Waals surface area contributed by atoms with Crippen LogP contribution in [0, 0.1) is 13.8 Å². The van der Waals surface area contributed by atoms with E-state index in [1.165, 1.54) is 0 Å². The summed E-state index contributed by atoms with van der Waals surface area (Å²) in [6, 6.07) is 1.94. The molecule has 1 aromatic rings. The Bertz CT molecular complexity index is 421. The lowest BCUT2D eigenvalue weighted by atomic mass is 10.3. The third-order valence-electron chi connectivity index (χ3n) is 2.25. The predicted octanol–water partition coefficient (Wildman–Crippen LogP) is 1.34. The molecule has 6 heteroatoms. The van der Waals surface area contributed by atoms with Gasteiger partial charge in [-0.2, -0.15) is 10.1 Å². The average molecular weight is 253 g/mol. The second-order valence-electron chi connectivity index (χ2n) is 3.89. The number of nitrogens with two attached hydrogens (primary N) is 1. The van der Waals surface area contributed by atoms with Crippen LogP contribution in [0.5, 0.6) is 0 Å². The minimum absolute atomic E-state index is 0.296. The van der Waals surface area contributed by atoms with Gasteiger partial charge < -0.3 is 11.1 Å². The second-order valence-corrected chi connectivity index (χ2v) is 4.28. The maximum absolute atomic E-state index is 5.84. The quantitative estimate of drug-likeness (QED) is 0.369. The smallest absolute Gasteiger partial charge is 0.224 e. The molecule has 0 unspecified atom stereocenters. The molecule has 0 saturated carbocycles. The van der Waals surface area contributed by atoms with E-state index in [4.69, 9.17) is 18.0 Å². The van der Waals surface area contributed by atoms with Crippen molar-refractivity contribution < 1.29 is 0 Å². The number of nitrogens with one attached hydrogen (secondary N) is 1.